The summed E-state index contributed by atoms with van der Waals surface area (Å²) in [6.07, 6.45) is 119. The van der Waals surface area contributed by atoms with Gasteiger partial charge in [0, 0.05) is 0 Å². The molecule has 1 N–H and O–H groups in total. The Morgan fingerprint density at radius 2 is 0.564 bits per heavy atom. The van der Waals surface area contributed by atoms with Gasteiger partial charge in [-0.15, -0.1) is 0 Å². The van der Waals surface area contributed by atoms with E-state index in [1.54, 1.807) is 0 Å². The van der Waals surface area contributed by atoms with Crippen molar-refractivity contribution in [1.29, 1.82) is 0 Å². The van der Waals surface area contributed by atoms with Crippen molar-refractivity contribution in [3.63, 3.8) is 0 Å². The molecule has 0 bridgehead atoms. The molecule has 0 spiro atoms. The van der Waals surface area contributed by atoms with Gasteiger partial charge in [-0.1, -0.05) is 554 Å². The van der Waals surface area contributed by atoms with Crippen LogP contribution in [0.15, 0.2) is 0 Å². The van der Waals surface area contributed by atoms with Gasteiger partial charge < -0.3 is 70.9 Å². The van der Waals surface area contributed by atoms with Gasteiger partial charge in [0.2, 0.25) is 0 Å². The summed E-state index contributed by atoms with van der Waals surface area (Å²) in [4.78, 5) is 0. The molecule has 4 atom stereocenters. The fraction of sp³-hybridized carbons (Fsp3) is 0.943. The van der Waals surface area contributed by atoms with E-state index in [0.717, 1.165) is 56.8 Å². The fourth-order valence-electron chi connectivity index (χ4n) is 16.2. The van der Waals surface area contributed by atoms with Crippen molar-refractivity contribution in [2.45, 2.75) is 573 Å². The molecule has 0 amide bonds. The minimum atomic E-state index is 0. The van der Waals surface area contributed by atoms with Gasteiger partial charge in [0.25, 0.3) is 0 Å². The van der Waals surface area contributed by atoms with Crippen LogP contribution >= 0.6 is 45.2 Å². The van der Waals surface area contributed by atoms with Gasteiger partial charge in [0.1, 0.15) is 0 Å². The number of aliphatic hydroxyl groups excluding tert-OH is 1. The third-order valence-corrected chi connectivity index (χ3v) is 24.4. The average molecular weight is 2400 g/mol. The normalized spacial score (nSPS) is 17.7. The quantitative estimate of drug-likeness (QED) is 0.0215. The Bertz CT molecular complexity index is 1490. The van der Waals surface area contributed by atoms with Crippen molar-refractivity contribution >= 4 is 45.2 Å². The van der Waals surface area contributed by atoms with Gasteiger partial charge >= 0.3 is 103 Å². The van der Waals surface area contributed by atoms with Crippen LogP contribution in [0.2, 0.25) is 0 Å². The monoisotopic (exact) mass is 2390 g/mol. The zero-order chi connectivity index (χ0) is 83.5. The van der Waals surface area contributed by atoms with E-state index in [9.17, 15) is 0 Å². The number of hydrogen-bond donors (Lipinski definition) is 1. The topological polar surface area (TPSA) is 80.2 Å². The third kappa shape index (κ3) is 134. The van der Waals surface area contributed by atoms with Crippen LogP contribution in [0.5, 0.6) is 0 Å². The maximum absolute atomic E-state index is 8.78. The van der Waals surface area contributed by atoms with Crippen molar-refractivity contribution in [3.05, 3.63) is 41.7 Å². The Morgan fingerprint density at radius 3 is 0.821 bits per heavy atom. The average Bonchev–Trinajstić information content (AvgIpc) is 1.01. The van der Waals surface area contributed by atoms with Crippen molar-refractivity contribution in [2.24, 2.45) is 11.8 Å². The SMILES string of the molecule is CCCCCCCCC1CCCCCCCCCCCCCCCCCCCC(CCCCCCCCI)CCCCCCC1.OCCOCC1CCCCCCCC(OCI)COCCO1.[CH2-]CC.[CH2-]CC.[CH2-]CCCCCCCCCCCCCC.[CH2-]CCCCCCCCCCCCCCCCCCCCC[CH2-].[CH2-][O-].[Cm].[Cm].[K+].[K+]. The van der Waals surface area contributed by atoms with Gasteiger partial charge in [-0.25, -0.2) is 0 Å². The van der Waals surface area contributed by atoms with Crippen LogP contribution in [0.1, 0.15) is 561 Å². The van der Waals surface area contributed by atoms with Gasteiger partial charge in [0.15, 0.2) is 0 Å². The van der Waals surface area contributed by atoms with E-state index in [0.29, 0.717) is 37.6 Å². The Morgan fingerprint density at radius 1 is 0.325 bits per heavy atom. The van der Waals surface area contributed by atoms with Crippen LogP contribution in [0.25, 0.3) is 0 Å². The molecule has 704 valence electrons. The van der Waals surface area contributed by atoms with E-state index in [1.165, 1.54) is 492 Å². The molecule has 0 aromatic carbocycles. The van der Waals surface area contributed by atoms with Crippen LogP contribution in [0.4, 0.5) is 0 Å². The van der Waals surface area contributed by atoms with E-state index in [2.05, 4.69) is 93.6 Å². The summed E-state index contributed by atoms with van der Waals surface area (Å²) < 4.78 is 24.7. The maximum atomic E-state index is 8.78. The smallest absolute Gasteiger partial charge is 1.00 e. The first-order valence-electron chi connectivity index (χ1n) is 51.3. The molecule has 1 saturated heterocycles. The van der Waals surface area contributed by atoms with Gasteiger partial charge in [0.05, 0.1) is 56.5 Å². The van der Waals surface area contributed by atoms with Crippen LogP contribution in [-0.4, -0.2) is 66.0 Å². The standard InChI is InChI=1S/C44H87I.C23H46.C16H31IO5.C15H31.2C3H7.CH2O.2Cm.2K/c1-2-3-4-5-22-29-36-43-37-30-23-17-15-13-11-9-7-6-8-10-12-14-16-18-24-31-38-44(41-34-27-21-26-33-40-43)39-32-25-19-20-28-35-42-45;1-3-5-7-9-11-13-15-17-19-21-23-22-20-18-16-14-12-10-8-6-4-2;17-14-22-16-7-5-3-1-2-4-6-15(12-19-9-8-18)21-11-10-20-13-16;1-3-5-7-9-11-13-15-14-12-10-8-6-4-2;2*1-3-2;1-2;;;;/h43-44H,2-42H2,1H3;1-23H2;15-16,18H,1-14H2;1,3-15H2,2H3;2*1,3H2,2H3;1H2;;;;/q;-2;;3*-1;-2;;;2*+1. The van der Waals surface area contributed by atoms with Crippen molar-refractivity contribution in [1.82, 2.24) is 0 Å². The molecule has 117 heavy (non-hydrogen) atoms. The molecular weight excluding hydrogens is 2180 g/mol. The number of unbranched alkanes of at least 4 members (excludes halogenated alkanes) is 42. The first kappa shape index (κ1) is 137. The van der Waals surface area contributed by atoms with Gasteiger partial charge in [-0.05, 0) is 35.5 Å². The molecule has 0 radical (unpaired) electrons. The van der Waals surface area contributed by atoms with Gasteiger partial charge in [-0.3, -0.25) is 0 Å². The molecule has 12 heteroatoms. The van der Waals surface area contributed by atoms with Crippen molar-refractivity contribution < 1.29 is 132 Å². The van der Waals surface area contributed by atoms with Gasteiger partial charge in [-0.2, -0.15) is 32.1 Å². The summed E-state index contributed by atoms with van der Waals surface area (Å²) in [7, 11) is 2.00. The number of alkyl halides is 2. The predicted molar refractivity (Wildman–Crippen MR) is 526 cm³/mol. The summed E-state index contributed by atoms with van der Waals surface area (Å²) in [5, 5.41) is 16.8. The van der Waals surface area contributed by atoms with Crippen LogP contribution in [0, 0.1) is 53.6 Å². The number of hydrogen-bond acceptors (Lipinski definition) is 6. The number of rotatable bonds is 53. The minimum Gasteiger partial charge on any atom is -1.03 e. The van der Waals surface area contributed by atoms with E-state index in [4.69, 9.17) is 29.2 Å². The molecule has 1 aliphatic heterocycles. The second kappa shape index (κ2) is 136. The zero-order valence-electron chi connectivity index (χ0n) is 80.9. The van der Waals surface area contributed by atoms with Crippen LogP contribution in [0.3, 0.4) is 0 Å². The van der Waals surface area contributed by atoms with E-state index in [-0.39, 0.29) is 122 Å². The molecule has 0 aromatic heterocycles. The maximum Gasteiger partial charge on any atom is 1.00 e. The summed E-state index contributed by atoms with van der Waals surface area (Å²) in [6.45, 7) is 30.1. The number of halogens is 2. The van der Waals surface area contributed by atoms with E-state index in [1.807, 2.05) is 21.0 Å². The van der Waals surface area contributed by atoms with Crippen molar-refractivity contribution in [2.75, 3.05) is 48.7 Å². The summed E-state index contributed by atoms with van der Waals surface area (Å²) >= 11 is 4.78. The van der Waals surface area contributed by atoms with E-state index >= 15 is 0 Å². The Kier molecular flexibility index (Phi) is 160. The Labute approximate surface area is 841 Å². The molecule has 2 aliphatic rings. The van der Waals surface area contributed by atoms with Crippen LogP contribution < -0.4 is 108 Å². The molecule has 1 aliphatic carbocycles. The molecule has 2 rings (SSSR count). The number of aliphatic hydroxyl groups is 1. The van der Waals surface area contributed by atoms with E-state index < -0.39 is 0 Å². The molecule has 0 aromatic rings. The summed E-state index contributed by atoms with van der Waals surface area (Å²) in [5.74, 6) is 2.07. The third-order valence-electron chi connectivity index (χ3n) is 23.3. The second-order valence-electron chi connectivity index (χ2n) is 34.6. The first-order chi connectivity index (χ1) is 55.9. The Balaban J connectivity index is -0.000000196. The fourth-order valence-corrected chi connectivity index (χ4v) is 17.2. The van der Waals surface area contributed by atoms with Crippen LogP contribution in [-0.2, 0) is 18.9 Å². The predicted octanol–water partition coefficient (Wildman–Crippen LogP) is 30.6. The molecule has 6 nitrogen and oxygen atoms in total. The summed E-state index contributed by atoms with van der Waals surface area (Å²) in [6, 6.07) is 0. The first-order valence-corrected chi connectivity index (χ1v) is 54.3. The largest absolute Gasteiger partial charge is 1.03 e. The zero-order valence-corrected chi connectivity index (χ0v) is 97.3. The molecule has 1 heterocycles. The molecule has 1 saturated carbocycles. The molecular formula is C105H211Cm2I2K2O6-5. The molecule has 2 fully saturated rings. The molecule has 4 unspecified atom stereocenters. The Hall–Kier alpha value is 2.49. The minimum absolute atomic E-state index is 0. The second-order valence-corrected chi connectivity index (χ2v) is 36.3. The number of ether oxygens (including phenoxy) is 4. The van der Waals surface area contributed by atoms with Crippen molar-refractivity contribution in [3.8, 4) is 0 Å². The summed E-state index contributed by atoms with van der Waals surface area (Å²) in [5.41, 5.74) is 0.